The van der Waals surface area contributed by atoms with Crippen LogP contribution in [0.4, 0.5) is 5.82 Å². The second kappa shape index (κ2) is 4.08. The summed E-state index contributed by atoms with van der Waals surface area (Å²) in [4.78, 5) is 11.7. The second-order valence-electron chi connectivity index (χ2n) is 4.08. The number of nitrogen functional groups attached to an aromatic ring is 1. The van der Waals surface area contributed by atoms with Gasteiger partial charge in [-0.3, -0.25) is 4.40 Å². The fourth-order valence-corrected chi connectivity index (χ4v) is 2.25. The first-order valence-electron chi connectivity index (χ1n) is 5.40. The molecule has 0 aromatic carbocycles. The van der Waals surface area contributed by atoms with E-state index in [2.05, 4.69) is 0 Å². The number of ether oxygens (including phenoxy) is 1. The molecule has 18 heavy (non-hydrogen) atoms. The number of methoxy groups -OCH3 is 1. The van der Waals surface area contributed by atoms with E-state index in [4.69, 9.17) is 15.7 Å². The maximum Gasteiger partial charge on any atom is 0.339 e. The van der Waals surface area contributed by atoms with E-state index < -0.39 is 5.97 Å². The maximum absolute atomic E-state index is 11.7. The van der Waals surface area contributed by atoms with E-state index in [1.54, 1.807) is 23.5 Å². The maximum atomic E-state index is 11.7. The zero-order chi connectivity index (χ0) is 13.4. The van der Waals surface area contributed by atoms with Crippen LogP contribution in [0.2, 0.25) is 0 Å². The Bertz CT molecular complexity index is 693. The lowest BCUT2D eigenvalue weighted by molar-refractivity contribution is 0.0599. The van der Waals surface area contributed by atoms with Crippen molar-refractivity contribution in [3.63, 3.8) is 0 Å². The fraction of sp³-hybridized carbons (Fsp3) is 0.231. The Balaban J connectivity index is 2.91. The fourth-order valence-electron chi connectivity index (χ4n) is 2.25. The third-order valence-corrected chi connectivity index (χ3v) is 3.07. The molecule has 0 aliphatic rings. The molecule has 92 valence electrons. The highest BCUT2D eigenvalue weighted by Gasteiger charge is 2.20. The van der Waals surface area contributed by atoms with Gasteiger partial charge in [0.25, 0.3) is 0 Å². The smallest absolute Gasteiger partial charge is 0.339 e. The van der Waals surface area contributed by atoms with Crippen LogP contribution in [-0.2, 0) is 4.74 Å². The van der Waals surface area contributed by atoms with Crippen molar-refractivity contribution in [3.05, 3.63) is 34.5 Å². The Kier molecular flexibility index (Phi) is 2.71. The van der Waals surface area contributed by atoms with Crippen molar-refractivity contribution >= 4 is 17.3 Å². The molecule has 0 fully saturated rings. The summed E-state index contributed by atoms with van der Waals surface area (Å²) < 4.78 is 6.52. The van der Waals surface area contributed by atoms with Crippen LogP contribution in [0.5, 0.6) is 0 Å². The van der Waals surface area contributed by atoms with Gasteiger partial charge < -0.3 is 10.5 Å². The first-order chi connectivity index (χ1) is 8.51. The van der Waals surface area contributed by atoms with Gasteiger partial charge in [0.1, 0.15) is 5.82 Å². The van der Waals surface area contributed by atoms with Crippen LogP contribution in [0.15, 0.2) is 12.1 Å². The molecule has 2 aromatic rings. The van der Waals surface area contributed by atoms with Crippen molar-refractivity contribution in [1.29, 1.82) is 5.26 Å². The van der Waals surface area contributed by atoms with Crippen molar-refractivity contribution in [2.75, 3.05) is 12.8 Å². The number of aromatic nitrogens is 1. The molecule has 0 aliphatic carbocycles. The number of fused-ring (bicyclic) bond motifs is 1. The minimum absolute atomic E-state index is 0.397. The number of rotatable bonds is 1. The predicted molar refractivity (Wildman–Crippen MR) is 67.3 cm³/mol. The van der Waals surface area contributed by atoms with E-state index in [0.29, 0.717) is 16.9 Å². The first-order valence-corrected chi connectivity index (χ1v) is 5.40. The molecule has 5 nitrogen and oxygen atoms in total. The zero-order valence-corrected chi connectivity index (χ0v) is 10.4. The number of aryl methyl sites for hydroxylation is 2. The van der Waals surface area contributed by atoms with Crippen LogP contribution < -0.4 is 5.73 Å². The molecule has 0 atom stereocenters. The molecule has 2 aromatic heterocycles. The number of nitrogens with zero attached hydrogens (tertiary/aromatic N) is 2. The standard InChI is InChI=1S/C13H13N3O2/c1-7-10-4-9(6-14)5-11(15)16(10)8(2)12(7)13(17)18-3/h4-5H,15H2,1-3H3. The molecule has 0 unspecified atom stereocenters. The van der Waals surface area contributed by atoms with E-state index in [-0.39, 0.29) is 0 Å². The summed E-state index contributed by atoms with van der Waals surface area (Å²) in [7, 11) is 1.34. The van der Waals surface area contributed by atoms with Gasteiger partial charge >= 0.3 is 5.97 Å². The molecule has 0 radical (unpaired) electrons. The van der Waals surface area contributed by atoms with Crippen molar-refractivity contribution in [1.82, 2.24) is 4.40 Å². The molecule has 0 bridgehead atoms. The molecule has 2 heterocycles. The molecule has 2 N–H and O–H groups in total. The highest BCUT2D eigenvalue weighted by atomic mass is 16.5. The van der Waals surface area contributed by atoms with Gasteiger partial charge in [-0.1, -0.05) is 0 Å². The predicted octanol–water partition coefficient (Wildman–Crippen LogP) is 1.80. The molecule has 0 spiro atoms. The largest absolute Gasteiger partial charge is 0.465 e. The van der Waals surface area contributed by atoms with Crippen LogP contribution >= 0.6 is 0 Å². The summed E-state index contributed by atoms with van der Waals surface area (Å²) in [6, 6.07) is 5.35. The first kappa shape index (κ1) is 12.0. The van der Waals surface area contributed by atoms with Gasteiger partial charge in [0, 0.05) is 5.69 Å². The minimum Gasteiger partial charge on any atom is -0.465 e. The molecular weight excluding hydrogens is 230 g/mol. The highest BCUT2D eigenvalue weighted by Crippen LogP contribution is 2.27. The topological polar surface area (TPSA) is 80.5 Å². The van der Waals surface area contributed by atoms with E-state index in [1.807, 2.05) is 13.0 Å². The normalized spacial score (nSPS) is 10.3. The number of pyridine rings is 1. The summed E-state index contributed by atoms with van der Waals surface area (Å²) in [5.41, 5.74) is 9.13. The molecule has 2 rings (SSSR count). The number of esters is 1. The van der Waals surface area contributed by atoms with Gasteiger partial charge in [0.05, 0.1) is 29.8 Å². The molecule has 0 saturated carbocycles. The number of nitriles is 1. The molecular formula is C13H13N3O2. The number of nitrogens with two attached hydrogens (primary N) is 1. The Morgan fingerprint density at radius 2 is 2.11 bits per heavy atom. The number of carbonyl (C=O) groups is 1. The number of hydrogen-bond donors (Lipinski definition) is 1. The molecule has 5 heteroatoms. The third-order valence-electron chi connectivity index (χ3n) is 3.07. The van der Waals surface area contributed by atoms with Gasteiger partial charge in [-0.15, -0.1) is 0 Å². The molecule has 0 saturated heterocycles. The lowest BCUT2D eigenvalue weighted by Gasteiger charge is -2.04. The van der Waals surface area contributed by atoms with E-state index in [0.717, 1.165) is 16.8 Å². The Hall–Kier alpha value is -2.48. The van der Waals surface area contributed by atoms with Crippen molar-refractivity contribution in [2.24, 2.45) is 0 Å². The van der Waals surface area contributed by atoms with Crippen molar-refractivity contribution < 1.29 is 9.53 Å². The minimum atomic E-state index is -0.397. The van der Waals surface area contributed by atoms with Crippen LogP contribution in [0.25, 0.3) is 5.52 Å². The molecule has 0 aliphatic heterocycles. The van der Waals surface area contributed by atoms with Gasteiger partial charge in [0.15, 0.2) is 0 Å². The third kappa shape index (κ3) is 1.51. The number of carbonyl (C=O) groups excluding carboxylic acids is 1. The van der Waals surface area contributed by atoms with Crippen LogP contribution in [0, 0.1) is 25.2 Å². The van der Waals surface area contributed by atoms with Crippen LogP contribution in [-0.4, -0.2) is 17.5 Å². The van der Waals surface area contributed by atoms with Crippen molar-refractivity contribution in [2.45, 2.75) is 13.8 Å². The highest BCUT2D eigenvalue weighted by molar-refractivity contribution is 5.95. The van der Waals surface area contributed by atoms with Gasteiger partial charge in [-0.05, 0) is 31.5 Å². The lowest BCUT2D eigenvalue weighted by atomic mass is 10.1. The van der Waals surface area contributed by atoms with Gasteiger partial charge in [-0.25, -0.2) is 4.79 Å². The summed E-state index contributed by atoms with van der Waals surface area (Å²) in [5.74, 6) is 0.0337. The van der Waals surface area contributed by atoms with E-state index in [9.17, 15) is 4.79 Å². The van der Waals surface area contributed by atoms with Gasteiger partial charge in [-0.2, -0.15) is 5.26 Å². The second-order valence-corrected chi connectivity index (χ2v) is 4.08. The summed E-state index contributed by atoms with van der Waals surface area (Å²) in [6.07, 6.45) is 0. The Morgan fingerprint density at radius 1 is 1.44 bits per heavy atom. The Morgan fingerprint density at radius 3 is 2.67 bits per heavy atom. The summed E-state index contributed by atoms with van der Waals surface area (Å²) in [6.45, 7) is 3.61. The number of anilines is 1. The Labute approximate surface area is 104 Å². The SMILES string of the molecule is COC(=O)c1c(C)c2cc(C#N)cc(N)n2c1C. The average molecular weight is 243 g/mol. The quantitative estimate of drug-likeness (QED) is 0.774. The van der Waals surface area contributed by atoms with E-state index in [1.165, 1.54) is 7.11 Å². The summed E-state index contributed by atoms with van der Waals surface area (Å²) >= 11 is 0. The van der Waals surface area contributed by atoms with Crippen LogP contribution in [0.3, 0.4) is 0 Å². The molecule has 0 amide bonds. The average Bonchev–Trinajstić information content (AvgIpc) is 2.61. The number of hydrogen-bond acceptors (Lipinski definition) is 4. The van der Waals surface area contributed by atoms with E-state index >= 15 is 0 Å². The summed E-state index contributed by atoms with van der Waals surface area (Å²) in [5, 5.41) is 8.94. The monoisotopic (exact) mass is 243 g/mol. The lowest BCUT2D eigenvalue weighted by Crippen LogP contribution is -2.04. The van der Waals surface area contributed by atoms with Crippen molar-refractivity contribution in [3.8, 4) is 6.07 Å². The zero-order valence-electron chi connectivity index (χ0n) is 10.4. The van der Waals surface area contributed by atoms with Gasteiger partial charge in [0.2, 0.25) is 0 Å². The van der Waals surface area contributed by atoms with Crippen LogP contribution in [0.1, 0.15) is 27.2 Å².